The second-order valence-electron chi connectivity index (χ2n) is 6.23. The lowest BCUT2D eigenvalue weighted by molar-refractivity contribution is -0.286. The third-order valence-corrected chi connectivity index (χ3v) is 5.24. The van der Waals surface area contributed by atoms with Gasteiger partial charge in [0.05, 0.1) is 11.3 Å². The zero-order valence-electron chi connectivity index (χ0n) is 15.4. The van der Waals surface area contributed by atoms with Crippen molar-refractivity contribution >= 4 is 23.4 Å². The monoisotopic (exact) mass is 419 g/mol. The first-order chi connectivity index (χ1) is 13.8. The Morgan fingerprint density at radius 2 is 2.00 bits per heavy atom. The second-order valence-corrected chi connectivity index (χ2v) is 7.19. The number of aryl methyl sites for hydroxylation is 2. The summed E-state index contributed by atoms with van der Waals surface area (Å²) in [6.45, 7) is 3.67. The number of ether oxygens (including phenoxy) is 2. The molecule has 3 heterocycles. The number of hydrogen-bond donors (Lipinski definition) is 1. The molecular weight excluding hydrogens is 404 g/mol. The number of rotatable bonds is 5. The molecule has 7 nitrogen and oxygen atoms in total. The number of nitrogens with one attached hydrogen (secondary N) is 1. The van der Waals surface area contributed by atoms with Crippen molar-refractivity contribution in [2.45, 2.75) is 30.9 Å². The van der Waals surface area contributed by atoms with Crippen LogP contribution >= 0.6 is 11.8 Å². The van der Waals surface area contributed by atoms with E-state index in [0.29, 0.717) is 27.8 Å². The van der Waals surface area contributed by atoms with Crippen molar-refractivity contribution in [1.82, 2.24) is 10.1 Å². The number of nitrogens with zero attached hydrogens (tertiary/aromatic N) is 2. The molecule has 0 saturated carbocycles. The van der Waals surface area contributed by atoms with Crippen molar-refractivity contribution in [3.8, 4) is 11.5 Å². The number of amides is 1. The molecule has 1 aromatic carbocycles. The maximum atomic E-state index is 13.2. The molecule has 0 atom stereocenters. The molecule has 3 aromatic rings. The highest BCUT2D eigenvalue weighted by Crippen LogP contribution is 2.42. The molecule has 0 bridgehead atoms. The van der Waals surface area contributed by atoms with E-state index in [1.165, 1.54) is 30.0 Å². The summed E-state index contributed by atoms with van der Waals surface area (Å²) in [4.78, 5) is 17.0. The van der Waals surface area contributed by atoms with Gasteiger partial charge in [-0.1, -0.05) is 5.16 Å². The fraction of sp³-hybridized carbons (Fsp3) is 0.211. The summed E-state index contributed by atoms with van der Waals surface area (Å²) >= 11 is 1.38. The molecule has 0 spiro atoms. The van der Waals surface area contributed by atoms with Gasteiger partial charge in [0.25, 0.3) is 5.91 Å². The van der Waals surface area contributed by atoms with Crippen LogP contribution < -0.4 is 14.8 Å². The SMILES string of the molecule is Cc1noc(C)c1CSc1ncccc1C(=O)Nc1ccc2c(c1)OC(F)(F)O2. The Labute approximate surface area is 168 Å². The molecule has 0 aliphatic carbocycles. The van der Waals surface area contributed by atoms with Gasteiger partial charge in [-0.15, -0.1) is 20.5 Å². The highest BCUT2D eigenvalue weighted by molar-refractivity contribution is 7.98. The molecule has 2 aromatic heterocycles. The van der Waals surface area contributed by atoms with E-state index >= 15 is 0 Å². The van der Waals surface area contributed by atoms with Gasteiger partial charge in [-0.2, -0.15) is 0 Å². The lowest BCUT2D eigenvalue weighted by Gasteiger charge is -2.09. The third kappa shape index (κ3) is 4.02. The fourth-order valence-corrected chi connectivity index (χ4v) is 3.90. The number of aromatic nitrogens is 2. The topological polar surface area (TPSA) is 86.5 Å². The minimum Gasteiger partial charge on any atom is -0.395 e. The van der Waals surface area contributed by atoms with Crippen LogP contribution in [0, 0.1) is 13.8 Å². The van der Waals surface area contributed by atoms with E-state index in [4.69, 9.17) is 4.52 Å². The third-order valence-electron chi connectivity index (χ3n) is 4.21. The number of hydrogen-bond acceptors (Lipinski definition) is 7. The number of carbonyl (C=O) groups excluding carboxylic acids is 1. The summed E-state index contributed by atoms with van der Waals surface area (Å²) in [5.41, 5.74) is 2.38. The van der Waals surface area contributed by atoms with Crippen LogP contribution in [0.2, 0.25) is 0 Å². The first-order valence-electron chi connectivity index (χ1n) is 8.53. The summed E-state index contributed by atoms with van der Waals surface area (Å²) in [5, 5.41) is 7.11. The van der Waals surface area contributed by atoms with Crippen molar-refractivity contribution in [3.63, 3.8) is 0 Å². The Balaban J connectivity index is 1.50. The lowest BCUT2D eigenvalue weighted by Crippen LogP contribution is -2.25. The first kappa shape index (κ1) is 19.2. The Bertz CT molecular complexity index is 1070. The van der Waals surface area contributed by atoms with Crippen LogP contribution in [0.5, 0.6) is 11.5 Å². The summed E-state index contributed by atoms with van der Waals surface area (Å²) < 4.78 is 40.2. The van der Waals surface area contributed by atoms with Crippen LogP contribution in [0.15, 0.2) is 46.1 Å². The van der Waals surface area contributed by atoms with Crippen molar-refractivity contribution < 1.29 is 27.6 Å². The minimum absolute atomic E-state index is 0.0925. The van der Waals surface area contributed by atoms with E-state index in [9.17, 15) is 13.6 Å². The molecule has 0 unspecified atom stereocenters. The Morgan fingerprint density at radius 3 is 2.76 bits per heavy atom. The molecule has 1 aliphatic heterocycles. The van der Waals surface area contributed by atoms with Crippen molar-refractivity contribution in [2.24, 2.45) is 0 Å². The smallest absolute Gasteiger partial charge is 0.395 e. The van der Waals surface area contributed by atoms with Gasteiger partial charge in [-0.05, 0) is 38.1 Å². The predicted molar refractivity (Wildman–Crippen MR) is 100 cm³/mol. The van der Waals surface area contributed by atoms with Gasteiger partial charge in [0, 0.05) is 29.3 Å². The van der Waals surface area contributed by atoms with Crippen LogP contribution in [0.25, 0.3) is 0 Å². The molecular formula is C19H15F2N3O4S. The molecule has 4 rings (SSSR count). The average molecular weight is 419 g/mol. The zero-order chi connectivity index (χ0) is 20.6. The van der Waals surface area contributed by atoms with Gasteiger partial charge < -0.3 is 19.3 Å². The number of fused-ring (bicyclic) bond motifs is 1. The Hall–Kier alpha value is -3.14. The molecule has 1 aliphatic rings. The summed E-state index contributed by atoms with van der Waals surface area (Å²) in [7, 11) is 0. The van der Waals surface area contributed by atoms with Crippen molar-refractivity contribution in [1.29, 1.82) is 0 Å². The average Bonchev–Trinajstić information content (AvgIpc) is 3.16. The summed E-state index contributed by atoms with van der Waals surface area (Å²) in [6.07, 6.45) is -2.12. The summed E-state index contributed by atoms with van der Waals surface area (Å²) in [5.74, 6) is 0.591. The molecule has 1 N–H and O–H groups in total. The number of halogens is 2. The second kappa shape index (κ2) is 7.36. The number of alkyl halides is 2. The first-order valence-corrected chi connectivity index (χ1v) is 9.52. The number of anilines is 1. The highest BCUT2D eigenvalue weighted by atomic mass is 32.2. The summed E-state index contributed by atoms with van der Waals surface area (Å²) in [6, 6.07) is 7.33. The normalized spacial score (nSPS) is 14.1. The minimum atomic E-state index is -3.71. The standard InChI is InChI=1S/C19H15F2N3O4S/c1-10-14(11(2)28-24-10)9-29-18-13(4-3-7-22-18)17(25)23-12-5-6-15-16(8-12)27-19(20,21)26-15/h3-8H,9H2,1-2H3,(H,23,25). The predicted octanol–water partition coefficient (Wildman–Crippen LogP) is 4.55. The van der Waals surface area contributed by atoms with Gasteiger partial charge in [-0.25, -0.2) is 4.98 Å². The largest absolute Gasteiger partial charge is 0.586 e. The number of thioether (sulfide) groups is 1. The van der Waals surface area contributed by atoms with Gasteiger partial charge in [0.2, 0.25) is 0 Å². The van der Waals surface area contributed by atoms with E-state index in [0.717, 1.165) is 11.3 Å². The van der Waals surface area contributed by atoms with E-state index in [1.807, 2.05) is 13.8 Å². The molecule has 29 heavy (non-hydrogen) atoms. The van der Waals surface area contributed by atoms with Crippen molar-refractivity contribution in [2.75, 3.05) is 5.32 Å². The van der Waals surface area contributed by atoms with Crippen molar-refractivity contribution in [3.05, 3.63) is 59.1 Å². The van der Waals surface area contributed by atoms with E-state index in [-0.39, 0.29) is 11.5 Å². The highest BCUT2D eigenvalue weighted by Gasteiger charge is 2.43. The van der Waals surface area contributed by atoms with Gasteiger partial charge >= 0.3 is 6.29 Å². The van der Waals surface area contributed by atoms with Crippen LogP contribution in [-0.2, 0) is 5.75 Å². The quantitative estimate of drug-likeness (QED) is 0.607. The van der Waals surface area contributed by atoms with Crippen LogP contribution in [0.3, 0.4) is 0 Å². The number of carbonyl (C=O) groups is 1. The maximum absolute atomic E-state index is 13.2. The fourth-order valence-electron chi connectivity index (χ4n) is 2.75. The van der Waals surface area contributed by atoms with Crippen LogP contribution in [0.1, 0.15) is 27.4 Å². The van der Waals surface area contributed by atoms with Crippen LogP contribution in [-0.4, -0.2) is 22.3 Å². The Kier molecular flexibility index (Phi) is 4.87. The van der Waals surface area contributed by atoms with Gasteiger partial charge in [-0.3, -0.25) is 4.79 Å². The Morgan fingerprint density at radius 1 is 1.21 bits per heavy atom. The zero-order valence-corrected chi connectivity index (χ0v) is 16.2. The molecule has 0 saturated heterocycles. The van der Waals surface area contributed by atoms with Gasteiger partial charge in [0.1, 0.15) is 10.8 Å². The van der Waals surface area contributed by atoms with E-state index in [1.54, 1.807) is 18.3 Å². The molecule has 1 amide bonds. The molecule has 150 valence electrons. The lowest BCUT2D eigenvalue weighted by atomic mass is 10.2. The number of pyridine rings is 1. The molecule has 10 heteroatoms. The van der Waals surface area contributed by atoms with Crippen LogP contribution in [0.4, 0.5) is 14.5 Å². The van der Waals surface area contributed by atoms with Gasteiger partial charge in [0.15, 0.2) is 11.5 Å². The van der Waals surface area contributed by atoms with E-state index < -0.39 is 12.2 Å². The van der Waals surface area contributed by atoms with E-state index in [2.05, 4.69) is 24.9 Å². The molecule has 0 fully saturated rings. The number of benzene rings is 1. The molecule has 0 radical (unpaired) electrons. The maximum Gasteiger partial charge on any atom is 0.586 e.